The lowest BCUT2D eigenvalue weighted by Crippen LogP contribution is -2.43. The smallest absolute Gasteiger partial charge is 0.309 e. The Morgan fingerprint density at radius 2 is 1.57 bits per heavy atom. The van der Waals surface area contributed by atoms with Crippen LogP contribution >= 0.6 is 0 Å². The molecule has 2 nitrogen and oxygen atoms in total. The van der Waals surface area contributed by atoms with E-state index in [1.165, 1.54) is 0 Å². The molecule has 0 heterocycles. The molecule has 0 spiro atoms. The van der Waals surface area contributed by atoms with Crippen molar-refractivity contribution in [2.75, 3.05) is 0 Å². The van der Waals surface area contributed by atoms with Crippen LogP contribution in [0.25, 0.3) is 0 Å². The lowest BCUT2D eigenvalue weighted by atomic mass is 9.61. The van der Waals surface area contributed by atoms with E-state index in [0.29, 0.717) is 0 Å². The molecule has 0 bridgehead atoms. The first kappa shape index (κ1) is 11.0. The molecule has 1 aliphatic rings. The maximum Gasteiger partial charge on any atom is 0.309 e. The Balaban J connectivity index is 2.99. The minimum absolute atomic E-state index is 0.216. The van der Waals surface area contributed by atoms with Gasteiger partial charge in [0.1, 0.15) is 0 Å². The Labute approximate surface area is 85.3 Å². The summed E-state index contributed by atoms with van der Waals surface area (Å²) >= 11 is 0. The Kier molecular flexibility index (Phi) is 2.57. The van der Waals surface area contributed by atoms with Gasteiger partial charge in [-0.3, -0.25) is 4.79 Å². The largest absolute Gasteiger partial charge is 0.481 e. The molecule has 0 saturated carbocycles. The average Bonchev–Trinajstić information content (AvgIpc) is 2.55. The molecule has 0 amide bonds. The fraction of sp³-hybridized carbons (Fsp3) is 0.583. The lowest BCUT2D eigenvalue weighted by Gasteiger charge is -2.41. The van der Waals surface area contributed by atoms with Gasteiger partial charge in [-0.15, -0.1) is 0 Å². The number of rotatable bonds is 3. The minimum atomic E-state index is -0.740. The second kappa shape index (κ2) is 3.26. The van der Waals surface area contributed by atoms with Gasteiger partial charge >= 0.3 is 5.97 Å². The number of hydrogen-bond donors (Lipinski definition) is 1. The van der Waals surface area contributed by atoms with Gasteiger partial charge in [0.15, 0.2) is 0 Å². The van der Waals surface area contributed by atoms with Gasteiger partial charge in [0.2, 0.25) is 0 Å². The van der Waals surface area contributed by atoms with Gasteiger partial charge in [-0.25, -0.2) is 0 Å². The number of carboxylic acid groups (broad SMARTS) is 1. The van der Waals surface area contributed by atoms with E-state index in [0.717, 1.165) is 0 Å². The van der Waals surface area contributed by atoms with Gasteiger partial charge in [0.05, 0.1) is 5.41 Å². The Bertz CT molecular complexity index is 283. The number of aliphatic carboxylic acids is 1. The summed E-state index contributed by atoms with van der Waals surface area (Å²) in [5, 5.41) is 9.19. The predicted octanol–water partition coefficient (Wildman–Crippen LogP) is 2.87. The highest BCUT2D eigenvalue weighted by Crippen LogP contribution is 2.46. The summed E-state index contributed by atoms with van der Waals surface area (Å²) in [6.07, 6.45) is 8.07. The van der Waals surface area contributed by atoms with Crippen LogP contribution in [0.3, 0.4) is 0 Å². The van der Waals surface area contributed by atoms with Crippen LogP contribution in [-0.2, 0) is 4.79 Å². The quantitative estimate of drug-likeness (QED) is 0.750. The maximum atomic E-state index is 11.2. The van der Waals surface area contributed by atoms with Gasteiger partial charge in [-0.1, -0.05) is 38.2 Å². The summed E-state index contributed by atoms with van der Waals surface area (Å²) in [5.74, 6) is -0.523. The van der Waals surface area contributed by atoms with Crippen LogP contribution in [0.1, 0.15) is 27.7 Å². The summed E-state index contributed by atoms with van der Waals surface area (Å²) in [4.78, 5) is 11.2. The second-order valence-corrected chi connectivity index (χ2v) is 4.95. The van der Waals surface area contributed by atoms with Crippen molar-refractivity contribution in [2.45, 2.75) is 27.7 Å². The summed E-state index contributed by atoms with van der Waals surface area (Å²) < 4.78 is 0. The minimum Gasteiger partial charge on any atom is -0.481 e. The molecule has 0 radical (unpaired) electrons. The van der Waals surface area contributed by atoms with E-state index in [-0.39, 0.29) is 11.3 Å². The number of hydrogen-bond acceptors (Lipinski definition) is 1. The highest BCUT2D eigenvalue weighted by molar-refractivity contribution is 5.75. The summed E-state index contributed by atoms with van der Waals surface area (Å²) in [7, 11) is 0. The molecule has 0 aromatic carbocycles. The van der Waals surface area contributed by atoms with Crippen molar-refractivity contribution >= 4 is 5.97 Å². The predicted molar refractivity (Wildman–Crippen MR) is 57.0 cm³/mol. The van der Waals surface area contributed by atoms with Gasteiger partial charge < -0.3 is 5.11 Å². The van der Waals surface area contributed by atoms with Crippen LogP contribution in [0.15, 0.2) is 24.3 Å². The van der Waals surface area contributed by atoms with E-state index in [1.807, 2.05) is 26.0 Å². The van der Waals surface area contributed by atoms with E-state index < -0.39 is 11.4 Å². The van der Waals surface area contributed by atoms with Crippen LogP contribution in [0, 0.1) is 16.7 Å². The van der Waals surface area contributed by atoms with Gasteiger partial charge in [-0.2, -0.15) is 0 Å². The van der Waals surface area contributed by atoms with E-state index in [2.05, 4.69) is 12.2 Å². The van der Waals surface area contributed by atoms with Crippen LogP contribution in [0.2, 0.25) is 0 Å². The SMILES string of the molecule is CC(C)(C(=O)O)C(C)(C)C1C=CC=C1. The third kappa shape index (κ3) is 1.49. The standard InChI is InChI=1S/C12H18O2/c1-11(2,9-7-5-6-8-9)12(3,4)10(13)14/h5-9H,1-4H3,(H,13,14). The summed E-state index contributed by atoms with van der Waals surface area (Å²) in [6.45, 7) is 7.59. The monoisotopic (exact) mass is 194 g/mol. The van der Waals surface area contributed by atoms with Crippen molar-refractivity contribution in [3.8, 4) is 0 Å². The van der Waals surface area contributed by atoms with Gasteiger partial charge in [-0.05, 0) is 19.3 Å². The molecule has 1 N–H and O–H groups in total. The molecule has 0 aromatic heterocycles. The zero-order valence-electron chi connectivity index (χ0n) is 9.24. The molecule has 0 aliphatic heterocycles. The zero-order chi connectivity index (χ0) is 11.0. The second-order valence-electron chi connectivity index (χ2n) is 4.95. The highest BCUT2D eigenvalue weighted by atomic mass is 16.4. The zero-order valence-corrected chi connectivity index (χ0v) is 9.24. The molecule has 2 heteroatoms. The fourth-order valence-corrected chi connectivity index (χ4v) is 1.61. The molecular weight excluding hydrogens is 176 g/mol. The van der Waals surface area contributed by atoms with Crippen molar-refractivity contribution in [3.63, 3.8) is 0 Å². The number of carbonyl (C=O) groups is 1. The van der Waals surface area contributed by atoms with E-state index in [9.17, 15) is 9.90 Å². The van der Waals surface area contributed by atoms with E-state index in [4.69, 9.17) is 0 Å². The molecule has 0 fully saturated rings. The topological polar surface area (TPSA) is 37.3 Å². The molecule has 0 aromatic rings. The molecule has 1 aliphatic carbocycles. The number of carboxylic acids is 1. The fourth-order valence-electron chi connectivity index (χ4n) is 1.61. The van der Waals surface area contributed by atoms with Crippen molar-refractivity contribution in [2.24, 2.45) is 16.7 Å². The normalized spacial score (nSPS) is 17.7. The first-order valence-corrected chi connectivity index (χ1v) is 4.88. The van der Waals surface area contributed by atoms with Crippen molar-refractivity contribution in [1.29, 1.82) is 0 Å². The van der Waals surface area contributed by atoms with Gasteiger partial charge in [0, 0.05) is 5.92 Å². The van der Waals surface area contributed by atoms with E-state index >= 15 is 0 Å². The molecule has 0 atom stereocenters. The Morgan fingerprint density at radius 3 is 1.93 bits per heavy atom. The lowest BCUT2D eigenvalue weighted by molar-refractivity contribution is -0.154. The number of allylic oxidation sites excluding steroid dienone is 4. The Hall–Kier alpha value is -1.05. The van der Waals surface area contributed by atoms with Crippen LogP contribution in [0.5, 0.6) is 0 Å². The summed E-state index contributed by atoms with van der Waals surface area (Å²) in [5.41, 5.74) is -1.00. The molecular formula is C12H18O2. The van der Waals surface area contributed by atoms with Crippen LogP contribution in [0.4, 0.5) is 0 Å². The van der Waals surface area contributed by atoms with Crippen LogP contribution in [-0.4, -0.2) is 11.1 Å². The van der Waals surface area contributed by atoms with Gasteiger partial charge in [0.25, 0.3) is 0 Å². The first-order chi connectivity index (χ1) is 6.30. The average molecular weight is 194 g/mol. The third-order valence-electron chi connectivity index (χ3n) is 3.73. The molecule has 0 saturated heterocycles. The maximum absolute atomic E-state index is 11.2. The highest BCUT2D eigenvalue weighted by Gasteiger charge is 2.46. The summed E-state index contributed by atoms with van der Waals surface area (Å²) in [6, 6.07) is 0. The van der Waals surface area contributed by atoms with Crippen molar-refractivity contribution in [3.05, 3.63) is 24.3 Å². The van der Waals surface area contributed by atoms with Crippen molar-refractivity contribution in [1.82, 2.24) is 0 Å². The molecule has 0 unspecified atom stereocenters. The molecule has 1 rings (SSSR count). The molecule has 14 heavy (non-hydrogen) atoms. The van der Waals surface area contributed by atoms with Crippen molar-refractivity contribution < 1.29 is 9.90 Å². The van der Waals surface area contributed by atoms with Crippen LogP contribution < -0.4 is 0 Å². The first-order valence-electron chi connectivity index (χ1n) is 4.88. The Morgan fingerprint density at radius 1 is 1.14 bits per heavy atom. The third-order valence-corrected chi connectivity index (χ3v) is 3.73. The molecule has 78 valence electrons. The van der Waals surface area contributed by atoms with E-state index in [1.54, 1.807) is 13.8 Å².